The Kier molecular flexibility index (Phi) is 5.67. The average molecular weight is 421 g/mol. The summed E-state index contributed by atoms with van der Waals surface area (Å²) in [5.41, 5.74) is 5.31. The fraction of sp³-hybridized carbons (Fsp3) is 0.818. The number of carbonyl (C=O) groups excluding carboxylic acids is 4. The molecule has 4 amide bonds. The van der Waals surface area contributed by atoms with E-state index < -0.39 is 18.0 Å². The van der Waals surface area contributed by atoms with Crippen molar-refractivity contribution >= 4 is 23.6 Å². The molecule has 3 rings (SSSR count). The molecule has 0 aromatic heterocycles. The quantitative estimate of drug-likeness (QED) is 0.584. The minimum atomic E-state index is -0.927. The van der Waals surface area contributed by atoms with E-state index in [1.54, 1.807) is 4.90 Å². The molecule has 30 heavy (non-hydrogen) atoms. The minimum absolute atomic E-state index is 0.0166. The van der Waals surface area contributed by atoms with Gasteiger partial charge in [-0.2, -0.15) is 0 Å². The van der Waals surface area contributed by atoms with Crippen LogP contribution in [0.1, 0.15) is 54.4 Å². The third-order valence-electron chi connectivity index (χ3n) is 7.77. The summed E-state index contributed by atoms with van der Waals surface area (Å²) >= 11 is 0. The maximum atomic E-state index is 13.3. The second-order valence-corrected chi connectivity index (χ2v) is 11.0. The molecule has 2 saturated heterocycles. The van der Waals surface area contributed by atoms with E-state index in [2.05, 4.69) is 24.5 Å². The van der Waals surface area contributed by atoms with Gasteiger partial charge in [-0.15, -0.1) is 0 Å². The highest BCUT2D eigenvalue weighted by molar-refractivity contribution is 5.94. The van der Waals surface area contributed by atoms with Crippen LogP contribution in [0.5, 0.6) is 0 Å². The van der Waals surface area contributed by atoms with Gasteiger partial charge in [-0.25, -0.2) is 0 Å². The van der Waals surface area contributed by atoms with E-state index in [-0.39, 0.29) is 58.6 Å². The first-order chi connectivity index (χ1) is 13.8. The minimum Gasteiger partial charge on any atom is -0.368 e. The maximum absolute atomic E-state index is 13.3. The predicted octanol–water partition coefficient (Wildman–Crippen LogP) is 0.648. The molecule has 4 N–H and O–H groups in total. The van der Waals surface area contributed by atoms with Gasteiger partial charge in [0.25, 0.3) is 0 Å². The van der Waals surface area contributed by atoms with Gasteiger partial charge in [-0.05, 0) is 35.5 Å². The number of nitrogens with two attached hydrogens (primary N) is 1. The van der Waals surface area contributed by atoms with Crippen LogP contribution in [0.2, 0.25) is 0 Å². The van der Waals surface area contributed by atoms with Crippen LogP contribution in [0.4, 0.5) is 0 Å². The molecule has 0 radical (unpaired) electrons. The lowest BCUT2D eigenvalue weighted by Crippen LogP contribution is -2.56. The van der Waals surface area contributed by atoms with Gasteiger partial charge >= 0.3 is 0 Å². The van der Waals surface area contributed by atoms with E-state index in [1.807, 2.05) is 27.7 Å². The van der Waals surface area contributed by atoms with Crippen LogP contribution in [0.15, 0.2) is 0 Å². The third-order valence-corrected chi connectivity index (χ3v) is 7.77. The zero-order valence-corrected chi connectivity index (χ0v) is 19.0. The van der Waals surface area contributed by atoms with Gasteiger partial charge in [-0.3, -0.25) is 19.2 Å². The molecule has 0 spiro atoms. The molecule has 8 nitrogen and oxygen atoms in total. The average Bonchev–Trinajstić information content (AvgIpc) is 3.01. The molecular weight excluding hydrogens is 384 g/mol. The molecule has 6 atom stereocenters. The van der Waals surface area contributed by atoms with Gasteiger partial charge in [0, 0.05) is 24.9 Å². The van der Waals surface area contributed by atoms with Gasteiger partial charge in [-0.1, -0.05) is 41.5 Å². The van der Waals surface area contributed by atoms with Crippen LogP contribution < -0.4 is 16.4 Å². The molecule has 8 heteroatoms. The smallest absolute Gasteiger partial charge is 0.243 e. The summed E-state index contributed by atoms with van der Waals surface area (Å²) in [6.45, 7) is 13.3. The monoisotopic (exact) mass is 420 g/mol. The molecule has 0 bridgehead atoms. The van der Waals surface area contributed by atoms with Crippen molar-refractivity contribution in [2.24, 2.45) is 40.2 Å². The molecule has 2 aliphatic heterocycles. The Bertz CT molecular complexity index is 757. The second-order valence-electron chi connectivity index (χ2n) is 11.0. The number of hydrogen-bond donors (Lipinski definition) is 3. The molecule has 0 unspecified atom stereocenters. The van der Waals surface area contributed by atoms with Crippen LogP contribution >= 0.6 is 0 Å². The van der Waals surface area contributed by atoms with Crippen LogP contribution in [0, 0.1) is 34.5 Å². The number of hydrogen-bond acceptors (Lipinski definition) is 4. The Hall–Kier alpha value is -2.12. The fourth-order valence-corrected chi connectivity index (χ4v) is 5.09. The molecule has 3 aliphatic rings. The SMILES string of the molecule is C[C@H](C(=O)N1C[C@H]2[C@@H]([C@H]1C(=O)N[C@@H](C[C@@H]1CCNC1=O)C(N)=O)C2(C)C)C(C)(C)C. The summed E-state index contributed by atoms with van der Waals surface area (Å²) in [6.07, 6.45) is 0.802. The van der Waals surface area contributed by atoms with Crippen LogP contribution in [0.3, 0.4) is 0 Å². The molecule has 0 aromatic rings. The Balaban J connectivity index is 1.77. The van der Waals surface area contributed by atoms with E-state index >= 15 is 0 Å². The van der Waals surface area contributed by atoms with Crippen molar-refractivity contribution in [1.29, 1.82) is 0 Å². The summed E-state index contributed by atoms with van der Waals surface area (Å²) in [5, 5.41) is 5.51. The number of rotatable bonds is 6. The first-order valence-electron chi connectivity index (χ1n) is 10.9. The zero-order chi connectivity index (χ0) is 22.6. The number of nitrogens with zero attached hydrogens (tertiary/aromatic N) is 1. The van der Waals surface area contributed by atoms with E-state index in [9.17, 15) is 19.2 Å². The summed E-state index contributed by atoms with van der Waals surface area (Å²) in [4.78, 5) is 52.2. The maximum Gasteiger partial charge on any atom is 0.243 e. The highest BCUT2D eigenvalue weighted by atomic mass is 16.2. The van der Waals surface area contributed by atoms with Gasteiger partial charge in [0.2, 0.25) is 23.6 Å². The highest BCUT2D eigenvalue weighted by Gasteiger charge is 2.69. The van der Waals surface area contributed by atoms with Gasteiger partial charge in [0.05, 0.1) is 0 Å². The van der Waals surface area contributed by atoms with Crippen LogP contribution in [-0.2, 0) is 19.2 Å². The van der Waals surface area contributed by atoms with Crippen LogP contribution in [0.25, 0.3) is 0 Å². The van der Waals surface area contributed by atoms with Crippen molar-refractivity contribution in [3.63, 3.8) is 0 Å². The lowest BCUT2D eigenvalue weighted by atomic mass is 9.81. The molecule has 1 aliphatic carbocycles. The lowest BCUT2D eigenvalue weighted by Gasteiger charge is -2.36. The number of nitrogens with one attached hydrogen (secondary N) is 2. The third kappa shape index (κ3) is 3.93. The Morgan fingerprint density at radius 1 is 1.30 bits per heavy atom. The first kappa shape index (κ1) is 22.6. The van der Waals surface area contributed by atoms with Crippen molar-refractivity contribution in [3.05, 3.63) is 0 Å². The number of likely N-dealkylation sites (tertiary alicyclic amines) is 1. The van der Waals surface area contributed by atoms with Gasteiger partial charge in [0.15, 0.2) is 0 Å². The van der Waals surface area contributed by atoms with Gasteiger partial charge in [0.1, 0.15) is 12.1 Å². The number of piperidine rings is 1. The van der Waals surface area contributed by atoms with Gasteiger partial charge < -0.3 is 21.3 Å². The molecular formula is C22H36N4O4. The predicted molar refractivity (Wildman–Crippen MR) is 112 cm³/mol. The summed E-state index contributed by atoms with van der Waals surface area (Å²) < 4.78 is 0. The second kappa shape index (κ2) is 7.54. The Morgan fingerprint density at radius 2 is 1.93 bits per heavy atom. The summed E-state index contributed by atoms with van der Waals surface area (Å²) in [5.74, 6) is -1.38. The molecule has 0 aromatic carbocycles. The number of amides is 4. The van der Waals surface area contributed by atoms with Crippen molar-refractivity contribution in [3.8, 4) is 0 Å². The fourth-order valence-electron chi connectivity index (χ4n) is 5.09. The highest BCUT2D eigenvalue weighted by Crippen LogP contribution is 2.65. The van der Waals surface area contributed by atoms with E-state index in [1.165, 1.54) is 0 Å². The summed E-state index contributed by atoms with van der Waals surface area (Å²) in [6, 6.07) is -1.54. The topological polar surface area (TPSA) is 122 Å². The molecule has 2 heterocycles. The standard InChI is InChI=1S/C22H36N4O4/c1-11(21(2,3)4)20(30)26-10-13-15(22(13,5)6)16(26)19(29)25-14(17(23)27)9-12-7-8-24-18(12)28/h11-16H,7-10H2,1-6H3,(H2,23,27)(H,24,28)(H,25,29)/t11-,12+,13+,14+,15+,16+/m1/s1. The summed E-state index contributed by atoms with van der Waals surface area (Å²) in [7, 11) is 0. The first-order valence-corrected chi connectivity index (χ1v) is 10.9. The van der Waals surface area contributed by atoms with Crippen molar-refractivity contribution in [2.75, 3.05) is 13.1 Å². The zero-order valence-electron chi connectivity index (χ0n) is 19.0. The number of carbonyl (C=O) groups is 4. The molecule has 1 saturated carbocycles. The molecule has 168 valence electrons. The number of primary amides is 1. The Labute approximate surface area is 178 Å². The van der Waals surface area contributed by atoms with Crippen molar-refractivity contribution in [2.45, 2.75) is 66.5 Å². The van der Waals surface area contributed by atoms with Crippen LogP contribution in [-0.4, -0.2) is 53.7 Å². The number of fused-ring (bicyclic) bond motifs is 1. The van der Waals surface area contributed by atoms with E-state index in [4.69, 9.17) is 5.73 Å². The largest absolute Gasteiger partial charge is 0.368 e. The van der Waals surface area contributed by atoms with E-state index in [0.29, 0.717) is 19.5 Å². The van der Waals surface area contributed by atoms with Crippen molar-refractivity contribution < 1.29 is 19.2 Å². The van der Waals surface area contributed by atoms with Crippen molar-refractivity contribution in [1.82, 2.24) is 15.5 Å². The Morgan fingerprint density at radius 3 is 2.43 bits per heavy atom. The van der Waals surface area contributed by atoms with E-state index in [0.717, 1.165) is 0 Å². The normalized spacial score (nSPS) is 31.5. The molecule has 3 fully saturated rings. The lowest BCUT2D eigenvalue weighted by molar-refractivity contribution is -0.146.